The zero-order valence-electron chi connectivity index (χ0n) is 22.4. The van der Waals surface area contributed by atoms with E-state index >= 15 is 0 Å². The van der Waals surface area contributed by atoms with Crippen molar-refractivity contribution >= 4 is 22.4 Å². The maximum Gasteiger partial charge on any atom is 0.258 e. The molecular weight excluding hydrogens is 507 g/mol. The maximum absolute atomic E-state index is 13.3. The first-order valence-corrected chi connectivity index (χ1v) is 13.7. The third-order valence-corrected chi connectivity index (χ3v) is 7.72. The lowest BCUT2D eigenvalue weighted by atomic mass is 10.1. The minimum absolute atomic E-state index is 0.165. The van der Waals surface area contributed by atoms with Gasteiger partial charge in [-0.2, -0.15) is 5.10 Å². The number of carbonyl (C=O) groups is 1. The highest BCUT2D eigenvalue weighted by Gasteiger charge is 2.21. The molecule has 2 unspecified atom stereocenters. The lowest BCUT2D eigenvalue weighted by Crippen LogP contribution is -2.32. The Morgan fingerprint density at radius 2 is 1.95 bits per heavy atom. The Labute approximate surface area is 232 Å². The van der Waals surface area contributed by atoms with Gasteiger partial charge in [0.2, 0.25) is 0 Å². The van der Waals surface area contributed by atoms with E-state index in [1.807, 2.05) is 13.0 Å². The molecule has 2 aliphatic rings. The van der Waals surface area contributed by atoms with Gasteiger partial charge in [-0.1, -0.05) is 24.6 Å². The van der Waals surface area contributed by atoms with E-state index in [0.29, 0.717) is 16.8 Å². The van der Waals surface area contributed by atoms with Gasteiger partial charge in [0.25, 0.3) is 5.91 Å². The number of aromatic amines is 1. The number of H-pyrrole nitrogens is 1. The van der Waals surface area contributed by atoms with Crippen LogP contribution in [-0.4, -0.2) is 50.0 Å². The van der Waals surface area contributed by atoms with E-state index in [2.05, 4.69) is 43.8 Å². The molecule has 1 saturated heterocycles. The van der Waals surface area contributed by atoms with Crippen molar-refractivity contribution in [3.8, 4) is 0 Å². The summed E-state index contributed by atoms with van der Waals surface area (Å²) in [6, 6.07) is 14.6. The molecule has 4 heterocycles. The SMILES string of the molecule is CC(c1ccc(F)cc1)n1cc(C(=O)NC2=CNC(O)C(c3cc4cc(CN5CCCCC5)ccc4[nH]3)=C2)cn1. The van der Waals surface area contributed by atoms with Crippen molar-refractivity contribution in [1.29, 1.82) is 0 Å². The van der Waals surface area contributed by atoms with Gasteiger partial charge in [-0.15, -0.1) is 0 Å². The Bertz CT molecular complexity index is 1580. The quantitative estimate of drug-likeness (QED) is 0.273. The molecule has 1 amide bonds. The molecule has 2 aromatic carbocycles. The van der Waals surface area contributed by atoms with Crippen molar-refractivity contribution in [3.05, 3.63) is 107 Å². The molecule has 40 heavy (non-hydrogen) atoms. The summed E-state index contributed by atoms with van der Waals surface area (Å²) < 4.78 is 15.0. The number of allylic oxidation sites excluding steroid dienone is 1. The molecule has 0 saturated carbocycles. The second-order valence-electron chi connectivity index (χ2n) is 10.6. The van der Waals surface area contributed by atoms with Gasteiger partial charge in [0.15, 0.2) is 6.23 Å². The average Bonchev–Trinajstić information content (AvgIpc) is 3.62. The zero-order valence-corrected chi connectivity index (χ0v) is 22.4. The van der Waals surface area contributed by atoms with Gasteiger partial charge in [-0.3, -0.25) is 14.4 Å². The van der Waals surface area contributed by atoms with Gasteiger partial charge in [-0.05, 0) is 80.4 Å². The average molecular weight is 541 g/mol. The topological polar surface area (TPSA) is 98.2 Å². The van der Waals surface area contributed by atoms with Crippen LogP contribution in [0.2, 0.25) is 0 Å². The Morgan fingerprint density at radius 1 is 1.15 bits per heavy atom. The summed E-state index contributed by atoms with van der Waals surface area (Å²) in [7, 11) is 0. The van der Waals surface area contributed by atoms with E-state index in [1.165, 1.54) is 43.2 Å². The smallest absolute Gasteiger partial charge is 0.258 e. The van der Waals surface area contributed by atoms with E-state index in [1.54, 1.807) is 35.3 Å². The van der Waals surface area contributed by atoms with Crippen molar-refractivity contribution < 1.29 is 14.3 Å². The highest BCUT2D eigenvalue weighted by atomic mass is 19.1. The standard InChI is InChI=1S/C31H33FN6O2/c1-20(22-6-8-25(32)9-7-22)38-19-24(16-34-38)30(39)35-26-15-27(31(40)33-17-26)29-14-23-13-21(5-10-28(23)36-29)18-37-11-3-2-4-12-37/h5-10,13-17,19-20,31,33,36,40H,2-4,11-12,18H2,1H3,(H,35,39). The number of hydrogen-bond acceptors (Lipinski definition) is 5. The van der Waals surface area contributed by atoms with E-state index in [4.69, 9.17) is 0 Å². The first-order chi connectivity index (χ1) is 19.4. The van der Waals surface area contributed by atoms with Crippen molar-refractivity contribution in [2.75, 3.05) is 13.1 Å². The van der Waals surface area contributed by atoms with Crippen molar-refractivity contribution in [2.24, 2.45) is 0 Å². The molecule has 0 spiro atoms. The number of aromatic nitrogens is 3. The number of fused-ring (bicyclic) bond motifs is 1. The monoisotopic (exact) mass is 540 g/mol. The molecule has 0 aliphatic carbocycles. The van der Waals surface area contributed by atoms with E-state index in [-0.39, 0.29) is 17.8 Å². The van der Waals surface area contributed by atoms with Crippen molar-refractivity contribution in [1.82, 2.24) is 30.3 Å². The van der Waals surface area contributed by atoms with Crippen LogP contribution in [0.15, 0.2) is 78.9 Å². The van der Waals surface area contributed by atoms with Crippen LogP contribution in [-0.2, 0) is 6.54 Å². The Hall–Kier alpha value is -4.21. The Balaban J connectivity index is 1.16. The fourth-order valence-corrected chi connectivity index (χ4v) is 5.42. The maximum atomic E-state index is 13.3. The Kier molecular flexibility index (Phi) is 7.23. The molecule has 2 atom stereocenters. The number of amides is 1. The molecule has 2 aromatic heterocycles. The number of benzene rings is 2. The minimum atomic E-state index is -0.916. The molecule has 2 aliphatic heterocycles. The van der Waals surface area contributed by atoms with Gasteiger partial charge in [0.05, 0.1) is 23.5 Å². The number of dihydropyridines is 1. The largest absolute Gasteiger partial charge is 0.369 e. The lowest BCUT2D eigenvalue weighted by molar-refractivity contribution is 0.0966. The summed E-state index contributed by atoms with van der Waals surface area (Å²) in [6.45, 7) is 5.18. The first-order valence-electron chi connectivity index (χ1n) is 13.7. The van der Waals surface area contributed by atoms with Crippen LogP contribution in [0.3, 0.4) is 0 Å². The molecule has 9 heteroatoms. The third-order valence-electron chi connectivity index (χ3n) is 7.72. The summed E-state index contributed by atoms with van der Waals surface area (Å²) >= 11 is 0. The summed E-state index contributed by atoms with van der Waals surface area (Å²) in [4.78, 5) is 18.9. The number of rotatable bonds is 7. The minimum Gasteiger partial charge on any atom is -0.369 e. The van der Waals surface area contributed by atoms with Gasteiger partial charge in [-0.25, -0.2) is 4.39 Å². The van der Waals surface area contributed by atoms with Gasteiger partial charge >= 0.3 is 0 Å². The fraction of sp³-hybridized carbons (Fsp3) is 0.290. The normalized spacial score (nSPS) is 18.6. The highest BCUT2D eigenvalue weighted by molar-refractivity contribution is 5.95. The van der Waals surface area contributed by atoms with E-state index < -0.39 is 6.23 Å². The lowest BCUT2D eigenvalue weighted by Gasteiger charge is -2.26. The molecule has 4 N–H and O–H groups in total. The molecule has 206 valence electrons. The highest BCUT2D eigenvalue weighted by Crippen LogP contribution is 2.27. The third kappa shape index (κ3) is 5.57. The summed E-state index contributed by atoms with van der Waals surface area (Å²) in [5.41, 5.74) is 5.48. The van der Waals surface area contributed by atoms with Gasteiger partial charge < -0.3 is 20.7 Å². The number of nitrogens with one attached hydrogen (secondary N) is 3. The van der Waals surface area contributed by atoms with Crippen LogP contribution in [0.4, 0.5) is 4.39 Å². The number of piperidine rings is 1. The first kappa shape index (κ1) is 26.0. The number of likely N-dealkylation sites (tertiary alicyclic amines) is 1. The van der Waals surface area contributed by atoms with Crippen LogP contribution in [0, 0.1) is 5.82 Å². The fourth-order valence-electron chi connectivity index (χ4n) is 5.42. The van der Waals surface area contributed by atoms with Crippen LogP contribution in [0.25, 0.3) is 16.5 Å². The molecular formula is C31H33FN6O2. The number of nitrogens with zero attached hydrogens (tertiary/aromatic N) is 3. The summed E-state index contributed by atoms with van der Waals surface area (Å²) in [5.74, 6) is -0.620. The molecule has 0 radical (unpaired) electrons. The molecule has 1 fully saturated rings. The number of aliphatic hydroxyl groups excluding tert-OH is 1. The van der Waals surface area contributed by atoms with Crippen molar-refractivity contribution in [2.45, 2.75) is 45.0 Å². The molecule has 6 rings (SSSR count). The predicted octanol–water partition coefficient (Wildman–Crippen LogP) is 4.68. The van der Waals surface area contributed by atoms with Crippen molar-refractivity contribution in [3.63, 3.8) is 0 Å². The second-order valence-corrected chi connectivity index (χ2v) is 10.6. The number of aliphatic hydroxyl groups is 1. The Morgan fingerprint density at radius 3 is 2.75 bits per heavy atom. The molecule has 8 nitrogen and oxygen atoms in total. The van der Waals surface area contributed by atoms with Gasteiger partial charge in [0, 0.05) is 41.1 Å². The zero-order chi connectivity index (χ0) is 27.6. The van der Waals surface area contributed by atoms with Crippen LogP contribution in [0.5, 0.6) is 0 Å². The van der Waals surface area contributed by atoms with Crippen LogP contribution < -0.4 is 10.6 Å². The van der Waals surface area contributed by atoms with Gasteiger partial charge in [0.1, 0.15) is 5.82 Å². The number of halogens is 1. The molecule has 0 bridgehead atoms. The second kappa shape index (κ2) is 11.1. The van der Waals surface area contributed by atoms with E-state index in [0.717, 1.165) is 41.8 Å². The summed E-state index contributed by atoms with van der Waals surface area (Å²) in [5, 5.41) is 21.9. The van der Waals surface area contributed by atoms with Crippen LogP contribution in [0.1, 0.15) is 59.4 Å². The number of hydrogen-bond donors (Lipinski definition) is 4. The molecule has 4 aromatic rings. The summed E-state index contributed by atoms with van der Waals surface area (Å²) in [6.07, 6.45) is 9.45. The van der Waals surface area contributed by atoms with E-state index in [9.17, 15) is 14.3 Å². The number of carbonyl (C=O) groups excluding carboxylic acids is 1. The predicted molar refractivity (Wildman–Crippen MR) is 153 cm³/mol. The van der Waals surface area contributed by atoms with Crippen LogP contribution >= 0.6 is 0 Å².